The average Bonchev–Trinajstić information content (AvgIpc) is 2.93. The molecule has 3 rings (SSSR count). The summed E-state index contributed by atoms with van der Waals surface area (Å²) in [4.78, 5) is 14.0. The van der Waals surface area contributed by atoms with E-state index < -0.39 is 0 Å². The largest absolute Gasteiger partial charge is 0.348 e. The maximum absolute atomic E-state index is 13.5. The van der Waals surface area contributed by atoms with Gasteiger partial charge in [0, 0.05) is 31.4 Å². The van der Waals surface area contributed by atoms with Gasteiger partial charge >= 0.3 is 0 Å². The third kappa shape index (κ3) is 2.11. The van der Waals surface area contributed by atoms with Crippen LogP contribution in [0.25, 0.3) is 0 Å². The van der Waals surface area contributed by atoms with Gasteiger partial charge in [0.1, 0.15) is 5.82 Å². The molecule has 1 aromatic heterocycles. The minimum atomic E-state index is -0.268. The molecule has 0 radical (unpaired) electrons. The summed E-state index contributed by atoms with van der Waals surface area (Å²) >= 11 is 0. The first-order valence-electron chi connectivity index (χ1n) is 6.90. The monoisotopic (exact) mass is 272 g/mol. The molecule has 4 heteroatoms. The van der Waals surface area contributed by atoms with E-state index in [9.17, 15) is 9.18 Å². The van der Waals surface area contributed by atoms with Crippen molar-refractivity contribution in [2.24, 2.45) is 0 Å². The maximum atomic E-state index is 13.5. The lowest BCUT2D eigenvalue weighted by molar-refractivity contribution is -0.133. The highest BCUT2D eigenvalue weighted by Gasteiger charge is 2.31. The molecule has 0 spiro atoms. The molecule has 0 saturated heterocycles. The topological polar surface area (TPSA) is 25.2 Å². The van der Waals surface area contributed by atoms with Crippen molar-refractivity contribution < 1.29 is 9.18 Å². The Hall–Kier alpha value is -2.10. The normalized spacial score (nSPS) is 17.9. The summed E-state index contributed by atoms with van der Waals surface area (Å²) < 4.78 is 15.7. The number of aromatic nitrogens is 1. The second-order valence-electron chi connectivity index (χ2n) is 5.02. The quantitative estimate of drug-likeness (QED) is 0.825. The summed E-state index contributed by atoms with van der Waals surface area (Å²) in [6.45, 7) is 3.31. The van der Waals surface area contributed by atoms with Crippen LogP contribution in [0.2, 0.25) is 0 Å². The highest BCUT2D eigenvalue weighted by atomic mass is 19.1. The van der Waals surface area contributed by atoms with Crippen LogP contribution >= 0.6 is 0 Å². The maximum Gasteiger partial charge on any atom is 0.223 e. The molecule has 20 heavy (non-hydrogen) atoms. The number of fused-ring (bicyclic) bond motifs is 1. The number of rotatable bonds is 2. The van der Waals surface area contributed by atoms with Gasteiger partial charge in [-0.05, 0) is 29.8 Å². The molecule has 0 fully saturated rings. The van der Waals surface area contributed by atoms with Gasteiger partial charge in [-0.3, -0.25) is 4.79 Å². The van der Waals surface area contributed by atoms with E-state index in [0.717, 1.165) is 17.8 Å². The van der Waals surface area contributed by atoms with Crippen molar-refractivity contribution in [3.8, 4) is 0 Å². The van der Waals surface area contributed by atoms with Crippen molar-refractivity contribution in [3.63, 3.8) is 0 Å². The lowest BCUT2D eigenvalue weighted by Gasteiger charge is -2.37. The summed E-state index contributed by atoms with van der Waals surface area (Å²) in [5, 5.41) is 0. The molecule has 2 heterocycles. The molecular weight excluding hydrogens is 255 g/mol. The van der Waals surface area contributed by atoms with Gasteiger partial charge in [-0.1, -0.05) is 19.1 Å². The van der Waals surface area contributed by atoms with E-state index in [0.29, 0.717) is 13.0 Å². The first-order chi connectivity index (χ1) is 9.70. The minimum absolute atomic E-state index is 0.103. The Morgan fingerprint density at radius 1 is 1.30 bits per heavy atom. The van der Waals surface area contributed by atoms with E-state index in [1.807, 2.05) is 36.2 Å². The molecular formula is C16H17FN2O. The molecule has 1 aliphatic heterocycles. The second kappa shape index (κ2) is 5.12. The molecule has 1 unspecified atom stereocenters. The number of carbonyl (C=O) groups excluding carboxylic acids is 1. The second-order valence-corrected chi connectivity index (χ2v) is 5.02. The molecule has 104 valence electrons. The first-order valence-corrected chi connectivity index (χ1v) is 6.90. The van der Waals surface area contributed by atoms with Crippen LogP contribution in [0, 0.1) is 5.82 Å². The predicted molar refractivity (Wildman–Crippen MR) is 74.7 cm³/mol. The van der Waals surface area contributed by atoms with Gasteiger partial charge in [-0.15, -0.1) is 0 Å². The Morgan fingerprint density at radius 3 is 2.90 bits per heavy atom. The van der Waals surface area contributed by atoms with Crippen LogP contribution < -0.4 is 0 Å². The minimum Gasteiger partial charge on any atom is -0.348 e. The lowest BCUT2D eigenvalue weighted by Crippen LogP contribution is -2.42. The Kier molecular flexibility index (Phi) is 3.30. The number of hydrogen-bond acceptors (Lipinski definition) is 1. The zero-order valence-electron chi connectivity index (χ0n) is 11.4. The Labute approximate surface area is 117 Å². The first kappa shape index (κ1) is 12.9. The number of benzene rings is 1. The standard InChI is InChI=1S/C16H17FN2O/c1-2-15(20)19-10-9-18-8-4-7-14(18)16(19)12-5-3-6-13(17)11-12/h3-8,11,16H,2,9-10H2,1H3. The zero-order valence-corrected chi connectivity index (χ0v) is 11.4. The Bertz CT molecular complexity index is 635. The zero-order chi connectivity index (χ0) is 14.1. The number of amides is 1. The molecule has 1 aromatic carbocycles. The number of hydrogen-bond donors (Lipinski definition) is 0. The third-order valence-electron chi connectivity index (χ3n) is 3.83. The van der Waals surface area contributed by atoms with Crippen molar-refractivity contribution in [2.45, 2.75) is 25.9 Å². The molecule has 2 aromatic rings. The lowest BCUT2D eigenvalue weighted by atomic mass is 9.99. The highest BCUT2D eigenvalue weighted by Crippen LogP contribution is 2.32. The molecule has 1 aliphatic rings. The van der Waals surface area contributed by atoms with Crippen molar-refractivity contribution in [1.29, 1.82) is 0 Å². The fraction of sp³-hybridized carbons (Fsp3) is 0.312. The molecule has 1 atom stereocenters. The Balaban J connectivity index is 2.09. The van der Waals surface area contributed by atoms with Gasteiger partial charge in [-0.25, -0.2) is 4.39 Å². The molecule has 0 N–H and O–H groups in total. The fourth-order valence-electron chi connectivity index (χ4n) is 2.88. The highest BCUT2D eigenvalue weighted by molar-refractivity contribution is 5.77. The van der Waals surface area contributed by atoms with Gasteiger partial charge in [0.25, 0.3) is 0 Å². The summed E-state index contributed by atoms with van der Waals surface area (Å²) in [6.07, 6.45) is 2.47. The smallest absolute Gasteiger partial charge is 0.223 e. The summed E-state index contributed by atoms with van der Waals surface area (Å²) in [5.41, 5.74) is 1.87. The van der Waals surface area contributed by atoms with Gasteiger partial charge in [0.2, 0.25) is 5.91 Å². The van der Waals surface area contributed by atoms with Crippen LogP contribution in [-0.4, -0.2) is 21.9 Å². The van der Waals surface area contributed by atoms with Crippen molar-refractivity contribution >= 4 is 5.91 Å². The summed E-state index contributed by atoms with van der Waals surface area (Å²) in [7, 11) is 0. The number of nitrogens with zero attached hydrogens (tertiary/aromatic N) is 2. The van der Waals surface area contributed by atoms with E-state index in [2.05, 4.69) is 4.57 Å². The van der Waals surface area contributed by atoms with E-state index in [1.54, 1.807) is 6.07 Å². The number of carbonyl (C=O) groups is 1. The molecule has 0 aliphatic carbocycles. The SMILES string of the molecule is CCC(=O)N1CCn2cccc2C1c1cccc(F)c1. The molecule has 3 nitrogen and oxygen atoms in total. The van der Waals surface area contributed by atoms with E-state index in [4.69, 9.17) is 0 Å². The van der Waals surface area contributed by atoms with Crippen molar-refractivity contribution in [3.05, 3.63) is 59.7 Å². The predicted octanol–water partition coefficient (Wildman–Crippen LogP) is 2.97. The van der Waals surface area contributed by atoms with Crippen molar-refractivity contribution in [1.82, 2.24) is 9.47 Å². The van der Waals surface area contributed by atoms with Gasteiger partial charge in [0.05, 0.1) is 6.04 Å². The van der Waals surface area contributed by atoms with Crippen LogP contribution in [-0.2, 0) is 11.3 Å². The van der Waals surface area contributed by atoms with Crippen molar-refractivity contribution in [2.75, 3.05) is 6.54 Å². The van der Waals surface area contributed by atoms with E-state index in [1.165, 1.54) is 12.1 Å². The van der Waals surface area contributed by atoms with Gasteiger partial charge < -0.3 is 9.47 Å². The molecule has 0 saturated carbocycles. The summed E-state index contributed by atoms with van der Waals surface area (Å²) in [5.74, 6) is -0.165. The number of halogens is 1. The molecule has 0 bridgehead atoms. The van der Waals surface area contributed by atoms with Crippen LogP contribution in [0.3, 0.4) is 0 Å². The fourth-order valence-corrected chi connectivity index (χ4v) is 2.88. The van der Waals surface area contributed by atoms with Gasteiger partial charge in [0.15, 0.2) is 0 Å². The average molecular weight is 272 g/mol. The van der Waals surface area contributed by atoms with E-state index >= 15 is 0 Å². The van der Waals surface area contributed by atoms with Crippen LogP contribution in [0.1, 0.15) is 30.6 Å². The molecule has 1 amide bonds. The van der Waals surface area contributed by atoms with Crippen LogP contribution in [0.4, 0.5) is 4.39 Å². The van der Waals surface area contributed by atoms with Crippen LogP contribution in [0.5, 0.6) is 0 Å². The Morgan fingerprint density at radius 2 is 2.15 bits per heavy atom. The van der Waals surface area contributed by atoms with E-state index in [-0.39, 0.29) is 17.8 Å². The third-order valence-corrected chi connectivity index (χ3v) is 3.83. The van der Waals surface area contributed by atoms with Crippen LogP contribution in [0.15, 0.2) is 42.6 Å². The summed E-state index contributed by atoms with van der Waals surface area (Å²) in [6, 6.07) is 10.3. The van der Waals surface area contributed by atoms with Gasteiger partial charge in [-0.2, -0.15) is 0 Å².